The van der Waals surface area contributed by atoms with Crippen LogP contribution in [0.25, 0.3) is 0 Å². The lowest BCUT2D eigenvalue weighted by Gasteiger charge is -2.24. The topological polar surface area (TPSA) is 81.4 Å². The summed E-state index contributed by atoms with van der Waals surface area (Å²) in [5.74, 6) is 0.0629. The molecule has 1 rings (SSSR count). The van der Waals surface area contributed by atoms with Crippen LogP contribution < -0.4 is 11.1 Å². The number of hydrogen-bond acceptors (Lipinski definition) is 4. The highest BCUT2D eigenvalue weighted by Crippen LogP contribution is 2.26. The van der Waals surface area contributed by atoms with Gasteiger partial charge in [-0.3, -0.25) is 10.1 Å². The van der Waals surface area contributed by atoms with Crippen molar-refractivity contribution in [1.29, 1.82) is 0 Å². The number of carbonyl (C=O) groups excluding carboxylic acids is 2. The average molecular weight is 270 g/mol. The van der Waals surface area contributed by atoms with Crippen LogP contribution in [-0.2, 0) is 9.53 Å². The number of amides is 2. The Balaban J connectivity index is 2.33. The van der Waals surface area contributed by atoms with Crippen LogP contribution in [0, 0.1) is 5.92 Å². The third-order valence-corrected chi connectivity index (χ3v) is 3.27. The summed E-state index contributed by atoms with van der Waals surface area (Å²) in [5, 5.41) is 2.20. The van der Waals surface area contributed by atoms with Crippen molar-refractivity contribution in [2.75, 3.05) is 0 Å². The number of nitrogens with one attached hydrogen (secondary N) is 1. The molecule has 1 fully saturated rings. The molecule has 0 spiro atoms. The number of carbonyl (C=O) groups is 2. The van der Waals surface area contributed by atoms with Gasteiger partial charge in [-0.15, -0.1) is 0 Å². The standard InChI is InChI=1S/C14H26N2O3/c1-14(2,3)19-13(18)16-12(17)11(15)9-10-7-5-4-6-8-10/h10-11H,4-9,15H2,1-3H3,(H,16,17,18)/t11-/m0/s1. The number of hydrogen-bond donors (Lipinski definition) is 2. The van der Waals surface area contributed by atoms with E-state index in [0.717, 1.165) is 12.8 Å². The lowest BCUT2D eigenvalue weighted by molar-refractivity contribution is -0.122. The number of nitrogens with two attached hydrogens (primary N) is 1. The molecule has 1 saturated carbocycles. The smallest absolute Gasteiger partial charge is 0.414 e. The Labute approximate surface area is 115 Å². The molecule has 5 heteroatoms. The Kier molecular flexibility index (Phi) is 5.79. The summed E-state index contributed by atoms with van der Waals surface area (Å²) < 4.78 is 5.02. The molecule has 0 bridgehead atoms. The maximum Gasteiger partial charge on any atom is 0.414 e. The molecule has 5 nitrogen and oxygen atoms in total. The van der Waals surface area contributed by atoms with Crippen molar-refractivity contribution in [3.05, 3.63) is 0 Å². The molecule has 0 heterocycles. The van der Waals surface area contributed by atoms with Crippen LogP contribution in [0.2, 0.25) is 0 Å². The van der Waals surface area contributed by atoms with Crippen molar-refractivity contribution >= 4 is 12.0 Å². The number of rotatable bonds is 3. The van der Waals surface area contributed by atoms with E-state index >= 15 is 0 Å². The van der Waals surface area contributed by atoms with Gasteiger partial charge in [0.05, 0.1) is 6.04 Å². The van der Waals surface area contributed by atoms with E-state index < -0.39 is 23.6 Å². The van der Waals surface area contributed by atoms with Crippen molar-refractivity contribution in [2.45, 2.75) is 70.9 Å². The monoisotopic (exact) mass is 270 g/mol. The summed E-state index contributed by atoms with van der Waals surface area (Å²) in [4.78, 5) is 23.2. The fourth-order valence-corrected chi connectivity index (χ4v) is 2.39. The summed E-state index contributed by atoms with van der Waals surface area (Å²) in [7, 11) is 0. The van der Waals surface area contributed by atoms with Crippen LogP contribution in [-0.4, -0.2) is 23.6 Å². The second kappa shape index (κ2) is 6.89. The summed E-state index contributed by atoms with van der Waals surface area (Å²) >= 11 is 0. The first-order chi connectivity index (χ1) is 8.78. The molecule has 0 radical (unpaired) electrons. The zero-order valence-electron chi connectivity index (χ0n) is 12.2. The second-order valence-corrected chi connectivity index (χ2v) is 6.34. The predicted octanol–water partition coefficient (Wildman–Crippen LogP) is 2.34. The SMILES string of the molecule is CC(C)(C)OC(=O)NC(=O)[C@@H](N)CC1CCCCC1. The largest absolute Gasteiger partial charge is 0.444 e. The van der Waals surface area contributed by atoms with Gasteiger partial charge in [0.25, 0.3) is 0 Å². The average Bonchev–Trinajstić information content (AvgIpc) is 2.27. The Morgan fingerprint density at radius 3 is 2.37 bits per heavy atom. The maximum atomic E-state index is 11.8. The molecular formula is C14H26N2O3. The minimum atomic E-state index is -0.725. The van der Waals surface area contributed by atoms with Gasteiger partial charge < -0.3 is 10.5 Å². The molecule has 1 aliphatic carbocycles. The highest BCUT2D eigenvalue weighted by molar-refractivity contribution is 5.94. The van der Waals surface area contributed by atoms with E-state index in [1.165, 1.54) is 19.3 Å². The van der Waals surface area contributed by atoms with Crippen LogP contribution in [0.5, 0.6) is 0 Å². The van der Waals surface area contributed by atoms with E-state index in [1.807, 2.05) is 0 Å². The Bertz CT molecular complexity index is 317. The number of imide groups is 1. The van der Waals surface area contributed by atoms with Gasteiger partial charge in [-0.1, -0.05) is 32.1 Å². The highest BCUT2D eigenvalue weighted by Gasteiger charge is 2.24. The first-order valence-corrected chi connectivity index (χ1v) is 7.07. The molecule has 0 aliphatic heterocycles. The van der Waals surface area contributed by atoms with Gasteiger partial charge in [-0.05, 0) is 33.1 Å². The number of ether oxygens (including phenoxy) is 1. The summed E-state index contributed by atoms with van der Waals surface area (Å²) in [6, 6.07) is -0.629. The van der Waals surface area contributed by atoms with Crippen molar-refractivity contribution in [1.82, 2.24) is 5.32 Å². The fraction of sp³-hybridized carbons (Fsp3) is 0.857. The van der Waals surface area contributed by atoms with Crippen LogP contribution in [0.4, 0.5) is 4.79 Å². The normalized spacial score (nSPS) is 18.7. The molecule has 0 aromatic carbocycles. The van der Waals surface area contributed by atoms with Gasteiger partial charge in [0.1, 0.15) is 5.60 Å². The van der Waals surface area contributed by atoms with Gasteiger partial charge in [0.2, 0.25) is 5.91 Å². The molecule has 0 saturated heterocycles. The first-order valence-electron chi connectivity index (χ1n) is 7.07. The van der Waals surface area contributed by atoms with Crippen molar-refractivity contribution in [3.63, 3.8) is 0 Å². The highest BCUT2D eigenvalue weighted by atomic mass is 16.6. The minimum absolute atomic E-state index is 0.445. The van der Waals surface area contributed by atoms with E-state index in [9.17, 15) is 9.59 Å². The van der Waals surface area contributed by atoms with Crippen LogP contribution in [0.1, 0.15) is 59.3 Å². The van der Waals surface area contributed by atoms with Gasteiger partial charge >= 0.3 is 6.09 Å². The summed E-state index contributed by atoms with van der Waals surface area (Å²) in [6.45, 7) is 5.25. The van der Waals surface area contributed by atoms with Crippen molar-refractivity contribution in [2.24, 2.45) is 11.7 Å². The van der Waals surface area contributed by atoms with Gasteiger partial charge in [0.15, 0.2) is 0 Å². The Morgan fingerprint density at radius 1 is 1.26 bits per heavy atom. The quantitative estimate of drug-likeness (QED) is 0.824. The molecule has 110 valence electrons. The van der Waals surface area contributed by atoms with Crippen LogP contribution in [0.3, 0.4) is 0 Å². The van der Waals surface area contributed by atoms with Gasteiger partial charge in [0, 0.05) is 0 Å². The van der Waals surface area contributed by atoms with E-state index in [4.69, 9.17) is 10.5 Å². The molecular weight excluding hydrogens is 244 g/mol. The lowest BCUT2D eigenvalue weighted by Crippen LogP contribution is -2.46. The molecule has 0 aromatic heterocycles. The maximum absolute atomic E-state index is 11.8. The minimum Gasteiger partial charge on any atom is -0.444 e. The third kappa shape index (κ3) is 6.57. The molecule has 3 N–H and O–H groups in total. The molecule has 2 amide bonds. The van der Waals surface area contributed by atoms with E-state index in [1.54, 1.807) is 20.8 Å². The van der Waals surface area contributed by atoms with Crippen LogP contribution in [0.15, 0.2) is 0 Å². The zero-order valence-corrected chi connectivity index (χ0v) is 12.2. The molecule has 19 heavy (non-hydrogen) atoms. The molecule has 1 atom stereocenters. The van der Waals surface area contributed by atoms with Gasteiger partial charge in [-0.2, -0.15) is 0 Å². The van der Waals surface area contributed by atoms with E-state index in [2.05, 4.69) is 5.32 Å². The zero-order chi connectivity index (χ0) is 14.5. The third-order valence-electron chi connectivity index (χ3n) is 3.27. The van der Waals surface area contributed by atoms with Crippen molar-refractivity contribution < 1.29 is 14.3 Å². The summed E-state index contributed by atoms with van der Waals surface area (Å²) in [6.07, 6.45) is 5.89. The molecule has 1 aliphatic rings. The Hall–Kier alpha value is -1.10. The Morgan fingerprint density at radius 2 is 1.84 bits per heavy atom. The second-order valence-electron chi connectivity index (χ2n) is 6.34. The van der Waals surface area contributed by atoms with Gasteiger partial charge in [-0.25, -0.2) is 4.79 Å². The fourth-order valence-electron chi connectivity index (χ4n) is 2.39. The number of alkyl carbamates (subject to hydrolysis) is 1. The van der Waals surface area contributed by atoms with E-state index in [-0.39, 0.29) is 0 Å². The van der Waals surface area contributed by atoms with Crippen LogP contribution >= 0.6 is 0 Å². The van der Waals surface area contributed by atoms with Crippen molar-refractivity contribution in [3.8, 4) is 0 Å². The predicted molar refractivity (Wildman–Crippen MR) is 73.5 cm³/mol. The molecule has 0 unspecified atom stereocenters. The summed E-state index contributed by atoms with van der Waals surface area (Å²) in [5.41, 5.74) is 5.23. The molecule has 0 aromatic rings. The van der Waals surface area contributed by atoms with E-state index in [0.29, 0.717) is 12.3 Å². The lowest BCUT2D eigenvalue weighted by atomic mass is 9.85. The first kappa shape index (κ1) is 16.0.